The number of carboxylic acid groups (broad SMARTS) is 1. The summed E-state index contributed by atoms with van der Waals surface area (Å²) in [4.78, 5) is 25.1. The number of carbonyl (C=O) groups excluding carboxylic acids is 1. The lowest BCUT2D eigenvalue weighted by Crippen LogP contribution is -2.51. The first-order valence-corrected chi connectivity index (χ1v) is 8.35. The van der Waals surface area contributed by atoms with Crippen molar-refractivity contribution in [2.75, 3.05) is 19.7 Å². The third kappa shape index (κ3) is 4.87. The highest BCUT2D eigenvalue weighted by Crippen LogP contribution is 2.21. The zero-order valence-corrected chi connectivity index (χ0v) is 13.6. The van der Waals surface area contributed by atoms with Crippen molar-refractivity contribution in [3.63, 3.8) is 0 Å². The fraction of sp³-hybridized carbons (Fsp3) is 0.875. The molecule has 22 heavy (non-hydrogen) atoms. The second-order valence-electron chi connectivity index (χ2n) is 6.92. The van der Waals surface area contributed by atoms with Crippen LogP contribution in [0.2, 0.25) is 0 Å². The number of piperidine rings is 1. The molecule has 2 N–H and O–H groups in total. The van der Waals surface area contributed by atoms with Crippen molar-refractivity contribution in [1.29, 1.82) is 0 Å². The first-order chi connectivity index (χ1) is 10.5. The van der Waals surface area contributed by atoms with Crippen molar-refractivity contribution in [2.24, 2.45) is 11.8 Å². The average Bonchev–Trinajstić information content (AvgIpc) is 2.47. The van der Waals surface area contributed by atoms with Gasteiger partial charge in [0.25, 0.3) is 0 Å². The fourth-order valence-electron chi connectivity index (χ4n) is 3.33. The molecule has 126 valence electrons. The van der Waals surface area contributed by atoms with E-state index in [-0.39, 0.29) is 18.2 Å². The summed E-state index contributed by atoms with van der Waals surface area (Å²) in [5.41, 5.74) is 0. The molecule has 0 aliphatic carbocycles. The van der Waals surface area contributed by atoms with E-state index in [1.807, 2.05) is 0 Å². The Kier molecular flexibility index (Phi) is 6.06. The SMILES string of the molecule is CC(C)CC1CC(NC(=O)N2CCCC(C(=O)O)C2)CCO1. The number of carboxylic acids is 1. The Balaban J connectivity index is 1.82. The van der Waals surface area contributed by atoms with Crippen LogP contribution in [0.5, 0.6) is 0 Å². The van der Waals surface area contributed by atoms with Gasteiger partial charge in [-0.25, -0.2) is 4.79 Å². The van der Waals surface area contributed by atoms with Crippen molar-refractivity contribution in [3.8, 4) is 0 Å². The van der Waals surface area contributed by atoms with Crippen molar-refractivity contribution in [3.05, 3.63) is 0 Å². The molecule has 2 amide bonds. The molecule has 0 aromatic carbocycles. The van der Waals surface area contributed by atoms with Crippen LogP contribution in [-0.2, 0) is 9.53 Å². The topological polar surface area (TPSA) is 78.9 Å². The highest BCUT2D eigenvalue weighted by molar-refractivity contribution is 5.76. The Hall–Kier alpha value is -1.30. The molecule has 2 aliphatic rings. The lowest BCUT2D eigenvalue weighted by Gasteiger charge is -2.35. The van der Waals surface area contributed by atoms with Crippen LogP contribution in [0.4, 0.5) is 4.79 Å². The highest BCUT2D eigenvalue weighted by Gasteiger charge is 2.30. The van der Waals surface area contributed by atoms with Crippen molar-refractivity contribution < 1.29 is 19.4 Å². The normalized spacial score (nSPS) is 29.4. The summed E-state index contributed by atoms with van der Waals surface area (Å²) in [7, 11) is 0. The van der Waals surface area contributed by atoms with Gasteiger partial charge in [0.2, 0.25) is 0 Å². The standard InChI is InChI=1S/C16H28N2O4/c1-11(2)8-14-9-13(5-7-22-14)17-16(21)18-6-3-4-12(10-18)15(19)20/h11-14H,3-10H2,1-2H3,(H,17,21)(H,19,20). The molecule has 2 rings (SSSR count). The summed E-state index contributed by atoms with van der Waals surface area (Å²) < 4.78 is 5.75. The van der Waals surface area contributed by atoms with Crippen molar-refractivity contribution >= 4 is 12.0 Å². The van der Waals surface area contributed by atoms with E-state index in [1.165, 1.54) is 0 Å². The molecule has 0 spiro atoms. The maximum absolute atomic E-state index is 12.3. The number of rotatable bonds is 4. The molecule has 2 fully saturated rings. The molecule has 2 heterocycles. The second-order valence-corrected chi connectivity index (χ2v) is 6.92. The number of hydrogen-bond donors (Lipinski definition) is 2. The molecule has 0 aromatic heterocycles. The minimum Gasteiger partial charge on any atom is -0.481 e. The monoisotopic (exact) mass is 312 g/mol. The average molecular weight is 312 g/mol. The number of nitrogens with one attached hydrogen (secondary N) is 1. The molecule has 0 bridgehead atoms. The lowest BCUT2D eigenvalue weighted by atomic mass is 9.96. The number of urea groups is 1. The largest absolute Gasteiger partial charge is 0.481 e. The van der Waals surface area contributed by atoms with Gasteiger partial charge < -0.3 is 20.1 Å². The summed E-state index contributed by atoms with van der Waals surface area (Å²) >= 11 is 0. The Morgan fingerprint density at radius 1 is 1.36 bits per heavy atom. The first-order valence-electron chi connectivity index (χ1n) is 8.35. The van der Waals surface area contributed by atoms with Crippen LogP contribution in [0.1, 0.15) is 46.0 Å². The molecular formula is C16H28N2O4. The summed E-state index contributed by atoms with van der Waals surface area (Å²) in [6.07, 6.45) is 4.32. The van der Waals surface area contributed by atoms with Crippen LogP contribution in [0.25, 0.3) is 0 Å². The molecule has 2 aliphatic heterocycles. The predicted molar refractivity (Wildman–Crippen MR) is 82.7 cm³/mol. The Bertz CT molecular complexity index is 400. The van der Waals surface area contributed by atoms with E-state index in [1.54, 1.807) is 4.90 Å². The molecule has 0 aromatic rings. The van der Waals surface area contributed by atoms with Crippen molar-refractivity contribution in [2.45, 2.75) is 58.1 Å². The van der Waals surface area contributed by atoms with E-state index in [2.05, 4.69) is 19.2 Å². The highest BCUT2D eigenvalue weighted by atomic mass is 16.5. The van der Waals surface area contributed by atoms with E-state index in [0.29, 0.717) is 32.0 Å². The summed E-state index contributed by atoms with van der Waals surface area (Å²) in [5, 5.41) is 12.2. The first kappa shape index (κ1) is 17.1. The van der Waals surface area contributed by atoms with Gasteiger partial charge in [-0.2, -0.15) is 0 Å². The lowest BCUT2D eigenvalue weighted by molar-refractivity contribution is -0.143. The molecular weight excluding hydrogens is 284 g/mol. The molecule has 0 saturated carbocycles. The van der Waals surface area contributed by atoms with Crippen molar-refractivity contribution in [1.82, 2.24) is 10.2 Å². The van der Waals surface area contributed by atoms with Gasteiger partial charge in [-0.1, -0.05) is 13.8 Å². The number of hydrogen-bond acceptors (Lipinski definition) is 3. The zero-order valence-electron chi connectivity index (χ0n) is 13.6. The zero-order chi connectivity index (χ0) is 16.1. The number of likely N-dealkylation sites (tertiary alicyclic amines) is 1. The van der Waals surface area contributed by atoms with Gasteiger partial charge in [-0.05, 0) is 38.0 Å². The van der Waals surface area contributed by atoms with Crippen LogP contribution in [0.3, 0.4) is 0 Å². The summed E-state index contributed by atoms with van der Waals surface area (Å²) in [6, 6.07) is 0.0105. The van der Waals surface area contributed by atoms with Crippen LogP contribution in [0.15, 0.2) is 0 Å². The van der Waals surface area contributed by atoms with Gasteiger partial charge in [0.05, 0.1) is 12.0 Å². The van der Waals surface area contributed by atoms with E-state index >= 15 is 0 Å². The quantitative estimate of drug-likeness (QED) is 0.833. The minimum atomic E-state index is -0.805. The molecule has 0 radical (unpaired) electrons. The van der Waals surface area contributed by atoms with Gasteiger partial charge in [-0.15, -0.1) is 0 Å². The summed E-state index contributed by atoms with van der Waals surface area (Å²) in [5.74, 6) is -0.652. The Morgan fingerprint density at radius 3 is 2.82 bits per heavy atom. The van der Waals surface area contributed by atoms with E-state index < -0.39 is 11.9 Å². The minimum absolute atomic E-state index is 0.124. The van der Waals surface area contributed by atoms with E-state index in [0.717, 1.165) is 25.7 Å². The molecule has 6 heteroatoms. The molecule has 3 unspecified atom stereocenters. The van der Waals surface area contributed by atoms with Gasteiger partial charge >= 0.3 is 12.0 Å². The number of carbonyl (C=O) groups is 2. The third-order valence-electron chi connectivity index (χ3n) is 4.49. The van der Waals surface area contributed by atoms with Gasteiger partial charge in [0.1, 0.15) is 0 Å². The van der Waals surface area contributed by atoms with Crippen LogP contribution in [0, 0.1) is 11.8 Å². The van der Waals surface area contributed by atoms with E-state index in [9.17, 15) is 9.59 Å². The summed E-state index contributed by atoms with van der Waals surface area (Å²) in [6.45, 7) is 5.99. The Morgan fingerprint density at radius 2 is 2.14 bits per heavy atom. The molecule has 6 nitrogen and oxygen atoms in total. The molecule has 3 atom stereocenters. The number of amides is 2. The van der Waals surface area contributed by atoms with Crippen LogP contribution in [-0.4, -0.2) is 53.8 Å². The maximum Gasteiger partial charge on any atom is 0.317 e. The van der Waals surface area contributed by atoms with Crippen LogP contribution < -0.4 is 5.32 Å². The number of nitrogens with zero attached hydrogens (tertiary/aromatic N) is 1. The Labute approximate surface area is 132 Å². The molecule has 2 saturated heterocycles. The number of aliphatic carboxylic acids is 1. The van der Waals surface area contributed by atoms with Gasteiger partial charge in [-0.3, -0.25) is 4.79 Å². The van der Waals surface area contributed by atoms with Gasteiger partial charge in [0, 0.05) is 25.7 Å². The smallest absolute Gasteiger partial charge is 0.317 e. The maximum atomic E-state index is 12.3. The van der Waals surface area contributed by atoms with Gasteiger partial charge in [0.15, 0.2) is 0 Å². The predicted octanol–water partition coefficient (Wildman–Crippen LogP) is 2.09. The third-order valence-corrected chi connectivity index (χ3v) is 4.49. The fourth-order valence-corrected chi connectivity index (χ4v) is 3.33. The van der Waals surface area contributed by atoms with Crippen LogP contribution >= 0.6 is 0 Å². The number of ether oxygens (including phenoxy) is 1. The van der Waals surface area contributed by atoms with E-state index in [4.69, 9.17) is 9.84 Å². The second kappa shape index (κ2) is 7.81.